The maximum absolute atomic E-state index is 11.8. The average molecular weight is 273 g/mol. The summed E-state index contributed by atoms with van der Waals surface area (Å²) in [4.78, 5) is 14.9. The minimum Gasteiger partial charge on any atom is -0.475 e. The number of aromatic nitrogens is 1. The molecule has 8 heteroatoms. The zero-order valence-corrected chi connectivity index (χ0v) is 9.99. The van der Waals surface area contributed by atoms with Crippen LogP contribution in [0, 0.1) is 0 Å². The van der Waals surface area contributed by atoms with Crippen LogP contribution in [0.3, 0.4) is 0 Å². The molecule has 2 aromatic heterocycles. The molecule has 0 aliphatic heterocycles. The van der Waals surface area contributed by atoms with Crippen molar-refractivity contribution in [3.05, 3.63) is 34.5 Å². The Balaban J connectivity index is 2.28. The van der Waals surface area contributed by atoms with Gasteiger partial charge in [-0.2, -0.15) is 0 Å². The molecule has 0 saturated heterocycles. The molecule has 0 amide bonds. The Morgan fingerprint density at radius 1 is 1.47 bits per heavy atom. The largest absolute Gasteiger partial charge is 0.475 e. The summed E-state index contributed by atoms with van der Waals surface area (Å²) in [5, 5.41) is 8.28. The molecule has 0 spiro atoms. The summed E-state index contributed by atoms with van der Waals surface area (Å²) in [6.45, 7) is 0. The van der Waals surface area contributed by atoms with Crippen LogP contribution in [0.2, 0.25) is 0 Å². The highest BCUT2D eigenvalue weighted by atomic mass is 32.2. The first kappa shape index (κ1) is 11.8. The van der Waals surface area contributed by atoms with Crippen molar-refractivity contribution in [1.82, 2.24) is 4.98 Å². The van der Waals surface area contributed by atoms with Gasteiger partial charge in [0, 0.05) is 11.1 Å². The number of aromatic carboxylic acids is 1. The third kappa shape index (κ3) is 2.53. The minimum atomic E-state index is -3.66. The number of carboxylic acids is 1. The first-order chi connectivity index (χ1) is 7.99. The number of thiazole rings is 1. The topological polar surface area (TPSA) is 97.5 Å². The number of carboxylic acid groups (broad SMARTS) is 1. The van der Waals surface area contributed by atoms with Gasteiger partial charge in [-0.05, 0) is 12.1 Å². The number of hydrogen-bond donors (Lipinski definition) is 1. The third-order valence-electron chi connectivity index (χ3n) is 1.91. The van der Waals surface area contributed by atoms with Crippen LogP contribution in [0.15, 0.2) is 33.3 Å². The molecule has 0 atom stereocenters. The molecule has 17 heavy (non-hydrogen) atoms. The minimum absolute atomic E-state index is 0.246. The number of furan rings is 1. The molecule has 0 aliphatic rings. The van der Waals surface area contributed by atoms with E-state index in [1.807, 2.05) is 0 Å². The monoisotopic (exact) mass is 273 g/mol. The van der Waals surface area contributed by atoms with E-state index in [4.69, 9.17) is 9.52 Å². The zero-order chi connectivity index (χ0) is 12.5. The predicted molar refractivity (Wildman–Crippen MR) is 58.7 cm³/mol. The Hall–Kier alpha value is -1.67. The van der Waals surface area contributed by atoms with E-state index in [1.54, 1.807) is 0 Å². The van der Waals surface area contributed by atoms with Crippen LogP contribution in [0.1, 0.15) is 15.4 Å². The van der Waals surface area contributed by atoms with E-state index in [0.717, 1.165) is 12.1 Å². The van der Waals surface area contributed by atoms with Crippen LogP contribution in [-0.2, 0) is 15.6 Å². The van der Waals surface area contributed by atoms with Gasteiger partial charge in [0.25, 0.3) is 0 Å². The van der Waals surface area contributed by atoms with Gasteiger partial charge < -0.3 is 9.52 Å². The van der Waals surface area contributed by atoms with Crippen LogP contribution in [0.25, 0.3) is 0 Å². The van der Waals surface area contributed by atoms with Gasteiger partial charge in [0.05, 0.1) is 11.3 Å². The van der Waals surface area contributed by atoms with Crippen molar-refractivity contribution in [2.45, 2.75) is 10.8 Å². The molecule has 2 rings (SSSR count). The summed E-state index contributed by atoms with van der Waals surface area (Å²) >= 11 is 1.21. The van der Waals surface area contributed by atoms with Gasteiger partial charge in [0.15, 0.2) is 0 Å². The molecular formula is C9H7NO5S2. The first-order valence-corrected chi connectivity index (χ1v) is 6.95. The van der Waals surface area contributed by atoms with Crippen molar-refractivity contribution >= 4 is 27.1 Å². The number of rotatable bonds is 4. The molecule has 1 N–H and O–H groups in total. The second-order valence-electron chi connectivity index (χ2n) is 3.15. The first-order valence-electron chi connectivity index (χ1n) is 4.42. The van der Waals surface area contributed by atoms with Crippen LogP contribution < -0.4 is 0 Å². The fourth-order valence-corrected chi connectivity index (χ4v) is 3.37. The predicted octanol–water partition coefficient (Wildman–Crippen LogP) is 1.41. The van der Waals surface area contributed by atoms with Crippen LogP contribution in [0.5, 0.6) is 0 Å². The highest BCUT2D eigenvalue weighted by Crippen LogP contribution is 2.20. The molecule has 0 fully saturated rings. The lowest BCUT2D eigenvalue weighted by Gasteiger charge is -1.97. The molecule has 0 aliphatic carbocycles. The van der Waals surface area contributed by atoms with E-state index >= 15 is 0 Å². The van der Waals surface area contributed by atoms with E-state index < -0.39 is 21.6 Å². The molecule has 0 saturated carbocycles. The van der Waals surface area contributed by atoms with E-state index in [2.05, 4.69) is 4.98 Å². The molecule has 6 nitrogen and oxygen atoms in total. The maximum atomic E-state index is 11.8. The summed E-state index contributed by atoms with van der Waals surface area (Å²) in [6.07, 6.45) is 1.45. The molecule has 0 unspecified atom stereocenters. The Kier molecular flexibility index (Phi) is 2.99. The van der Waals surface area contributed by atoms with Crippen LogP contribution in [-0.4, -0.2) is 24.5 Å². The zero-order valence-electron chi connectivity index (χ0n) is 8.36. The second-order valence-corrected chi connectivity index (χ2v) is 6.04. The lowest BCUT2D eigenvalue weighted by Crippen LogP contribution is -2.02. The third-order valence-corrected chi connectivity index (χ3v) is 4.40. The Bertz CT molecular complexity index is 626. The molecule has 0 bridgehead atoms. The van der Waals surface area contributed by atoms with Crippen molar-refractivity contribution in [2.75, 3.05) is 0 Å². The lowest BCUT2D eigenvalue weighted by molar-refractivity contribution is 0.0656. The van der Waals surface area contributed by atoms with E-state index in [-0.39, 0.29) is 10.8 Å². The van der Waals surface area contributed by atoms with E-state index in [0.29, 0.717) is 4.88 Å². The maximum Gasteiger partial charge on any atom is 0.371 e. The summed E-state index contributed by atoms with van der Waals surface area (Å²) in [5.74, 6) is -1.94. The fraction of sp³-hybridized carbons (Fsp3) is 0.111. The lowest BCUT2D eigenvalue weighted by atomic mass is 10.5. The summed E-state index contributed by atoms with van der Waals surface area (Å²) in [5.41, 5.74) is 1.52. The normalized spacial score (nSPS) is 11.5. The fourth-order valence-electron chi connectivity index (χ4n) is 1.17. The standard InChI is InChI=1S/C9H7NO5S2/c11-9(12)7-1-2-8(15-7)17(13,14)4-6-3-10-5-16-6/h1-3,5H,4H2,(H,11,12). The second kappa shape index (κ2) is 4.30. The molecule has 0 radical (unpaired) electrons. The molecule has 2 aromatic rings. The highest BCUT2D eigenvalue weighted by Gasteiger charge is 2.22. The van der Waals surface area contributed by atoms with Crippen molar-refractivity contribution in [1.29, 1.82) is 0 Å². The van der Waals surface area contributed by atoms with Gasteiger partial charge in [-0.15, -0.1) is 11.3 Å². The summed E-state index contributed by atoms with van der Waals surface area (Å²) < 4.78 is 28.4. The number of carbonyl (C=O) groups is 1. The van der Waals surface area contributed by atoms with Gasteiger partial charge >= 0.3 is 5.97 Å². The van der Waals surface area contributed by atoms with Gasteiger partial charge in [0.2, 0.25) is 20.7 Å². The average Bonchev–Trinajstić information content (AvgIpc) is 2.84. The van der Waals surface area contributed by atoms with Gasteiger partial charge in [-0.25, -0.2) is 13.2 Å². The van der Waals surface area contributed by atoms with Crippen LogP contribution >= 0.6 is 11.3 Å². The van der Waals surface area contributed by atoms with Crippen LogP contribution in [0.4, 0.5) is 0 Å². The van der Waals surface area contributed by atoms with Gasteiger partial charge in [-0.3, -0.25) is 4.98 Å². The number of sulfone groups is 1. The number of hydrogen-bond acceptors (Lipinski definition) is 6. The molecule has 2 heterocycles. The summed E-state index contributed by atoms with van der Waals surface area (Å²) in [6, 6.07) is 2.25. The quantitative estimate of drug-likeness (QED) is 0.904. The SMILES string of the molecule is O=C(O)c1ccc(S(=O)(=O)Cc2cncs2)o1. The summed E-state index contributed by atoms with van der Waals surface area (Å²) in [7, 11) is -3.66. The Labute approximate surface area is 100 Å². The van der Waals surface area contributed by atoms with E-state index in [1.165, 1.54) is 23.0 Å². The smallest absolute Gasteiger partial charge is 0.371 e. The van der Waals surface area contributed by atoms with Crippen molar-refractivity contribution < 1.29 is 22.7 Å². The van der Waals surface area contributed by atoms with E-state index in [9.17, 15) is 13.2 Å². The number of nitrogens with zero attached hydrogens (tertiary/aromatic N) is 1. The van der Waals surface area contributed by atoms with Gasteiger partial charge in [0.1, 0.15) is 0 Å². The van der Waals surface area contributed by atoms with Crippen molar-refractivity contribution in [3.63, 3.8) is 0 Å². The van der Waals surface area contributed by atoms with Crippen molar-refractivity contribution in [3.8, 4) is 0 Å². The van der Waals surface area contributed by atoms with Gasteiger partial charge in [-0.1, -0.05) is 0 Å². The molecule has 0 aromatic carbocycles. The van der Waals surface area contributed by atoms with Crippen molar-refractivity contribution in [2.24, 2.45) is 0 Å². The Morgan fingerprint density at radius 2 is 2.24 bits per heavy atom. The Morgan fingerprint density at radius 3 is 2.76 bits per heavy atom. The molecule has 90 valence electrons. The highest BCUT2D eigenvalue weighted by molar-refractivity contribution is 7.90. The molecular weight excluding hydrogens is 266 g/mol.